The van der Waals surface area contributed by atoms with Crippen molar-refractivity contribution in [1.82, 2.24) is 4.98 Å². The van der Waals surface area contributed by atoms with E-state index in [0.717, 1.165) is 0 Å². The average Bonchev–Trinajstić information content (AvgIpc) is 2.76. The van der Waals surface area contributed by atoms with Gasteiger partial charge in [-0.3, -0.25) is 4.98 Å². The number of nitrogens with zero attached hydrogens (tertiary/aromatic N) is 1. The molecule has 0 aliphatic carbocycles. The van der Waals surface area contributed by atoms with Gasteiger partial charge in [-0.25, -0.2) is 14.0 Å². The molecule has 0 saturated heterocycles. The number of carbonyl (C=O) groups excluding carboxylic acids is 2. The standard InChI is InChI=1S/C23H18FNO4/c1-28-23(27)17-11-8-16(9-12-17)10-13-21(26)29-22(20-7-2-3-14-25-20)18-5-4-6-19(24)15-18/h2-15,22H,1H3. The molecule has 146 valence electrons. The number of hydrogen-bond donors (Lipinski definition) is 0. The van der Waals surface area contributed by atoms with Crippen molar-refractivity contribution >= 4 is 18.0 Å². The highest BCUT2D eigenvalue weighted by molar-refractivity contribution is 5.90. The van der Waals surface area contributed by atoms with Gasteiger partial charge in [0.25, 0.3) is 0 Å². The summed E-state index contributed by atoms with van der Waals surface area (Å²) in [5.74, 6) is -1.48. The Balaban J connectivity index is 1.76. The van der Waals surface area contributed by atoms with E-state index in [9.17, 15) is 14.0 Å². The van der Waals surface area contributed by atoms with E-state index < -0.39 is 23.9 Å². The first-order valence-corrected chi connectivity index (χ1v) is 8.80. The molecule has 0 saturated carbocycles. The Morgan fingerprint density at radius 2 is 1.83 bits per heavy atom. The molecule has 0 N–H and O–H groups in total. The van der Waals surface area contributed by atoms with E-state index in [1.165, 1.54) is 25.3 Å². The molecule has 1 atom stereocenters. The quantitative estimate of drug-likeness (QED) is 0.462. The number of carbonyl (C=O) groups is 2. The zero-order valence-electron chi connectivity index (χ0n) is 15.6. The highest BCUT2D eigenvalue weighted by Crippen LogP contribution is 2.25. The molecule has 2 aromatic carbocycles. The van der Waals surface area contributed by atoms with Crippen molar-refractivity contribution in [1.29, 1.82) is 0 Å². The number of hydrogen-bond acceptors (Lipinski definition) is 5. The summed E-state index contributed by atoms with van der Waals surface area (Å²) >= 11 is 0. The smallest absolute Gasteiger partial charge is 0.337 e. The van der Waals surface area contributed by atoms with Crippen molar-refractivity contribution in [3.63, 3.8) is 0 Å². The third-order valence-electron chi connectivity index (χ3n) is 4.09. The molecule has 29 heavy (non-hydrogen) atoms. The maximum Gasteiger partial charge on any atom is 0.337 e. The van der Waals surface area contributed by atoms with Crippen LogP contribution in [-0.4, -0.2) is 24.0 Å². The zero-order chi connectivity index (χ0) is 20.6. The molecule has 5 nitrogen and oxygen atoms in total. The van der Waals surface area contributed by atoms with Gasteiger partial charge >= 0.3 is 11.9 Å². The fraction of sp³-hybridized carbons (Fsp3) is 0.0870. The first kappa shape index (κ1) is 19.9. The Labute approximate surface area is 167 Å². The minimum atomic E-state index is -0.842. The highest BCUT2D eigenvalue weighted by atomic mass is 19.1. The zero-order valence-corrected chi connectivity index (χ0v) is 15.6. The molecule has 3 rings (SSSR count). The number of aromatic nitrogens is 1. The fourth-order valence-electron chi connectivity index (χ4n) is 2.67. The van der Waals surface area contributed by atoms with E-state index in [1.807, 2.05) is 0 Å². The molecule has 0 spiro atoms. The van der Waals surface area contributed by atoms with Crippen LogP contribution in [0, 0.1) is 5.82 Å². The third kappa shape index (κ3) is 5.35. The van der Waals surface area contributed by atoms with Crippen molar-refractivity contribution in [3.8, 4) is 0 Å². The van der Waals surface area contributed by atoms with Crippen LogP contribution in [0.3, 0.4) is 0 Å². The summed E-state index contributed by atoms with van der Waals surface area (Å²) in [6.07, 6.45) is 3.56. The molecular formula is C23H18FNO4. The van der Waals surface area contributed by atoms with E-state index in [-0.39, 0.29) is 0 Å². The second-order valence-corrected chi connectivity index (χ2v) is 6.07. The maximum atomic E-state index is 13.7. The molecule has 0 aliphatic rings. The van der Waals surface area contributed by atoms with Crippen LogP contribution in [0.2, 0.25) is 0 Å². The number of ether oxygens (including phenoxy) is 2. The molecular weight excluding hydrogens is 373 g/mol. The largest absolute Gasteiger partial charge is 0.465 e. The van der Waals surface area contributed by atoms with Gasteiger partial charge in [-0.05, 0) is 48.0 Å². The van der Waals surface area contributed by atoms with Crippen molar-refractivity contribution in [3.05, 3.63) is 107 Å². The molecule has 0 bridgehead atoms. The number of pyridine rings is 1. The number of methoxy groups -OCH3 is 1. The van der Waals surface area contributed by atoms with Crippen LogP contribution in [-0.2, 0) is 14.3 Å². The molecule has 1 aromatic heterocycles. The first-order chi connectivity index (χ1) is 14.1. The maximum absolute atomic E-state index is 13.7. The minimum absolute atomic E-state index is 0.411. The molecule has 0 aliphatic heterocycles. The SMILES string of the molecule is COC(=O)c1ccc(C=CC(=O)OC(c2cccc(F)c2)c2ccccn2)cc1. The van der Waals surface area contributed by atoms with Gasteiger partial charge in [-0.2, -0.15) is 0 Å². The molecule has 0 amide bonds. The number of esters is 2. The normalized spacial score (nSPS) is 11.8. The monoisotopic (exact) mass is 391 g/mol. The summed E-state index contributed by atoms with van der Waals surface area (Å²) in [6, 6.07) is 17.6. The summed E-state index contributed by atoms with van der Waals surface area (Å²) in [5.41, 5.74) is 2.08. The van der Waals surface area contributed by atoms with Crippen LogP contribution in [0.25, 0.3) is 6.08 Å². The molecule has 1 unspecified atom stereocenters. The molecule has 1 heterocycles. The van der Waals surface area contributed by atoms with Gasteiger partial charge in [0, 0.05) is 17.8 Å². The predicted molar refractivity (Wildman–Crippen MR) is 105 cm³/mol. The minimum Gasteiger partial charge on any atom is -0.465 e. The van der Waals surface area contributed by atoms with Gasteiger partial charge in [0.15, 0.2) is 6.10 Å². The second kappa shape index (κ2) is 9.41. The van der Waals surface area contributed by atoms with Crippen LogP contribution in [0.15, 0.2) is 79.0 Å². The third-order valence-corrected chi connectivity index (χ3v) is 4.09. The van der Waals surface area contributed by atoms with Crippen LogP contribution >= 0.6 is 0 Å². The number of halogens is 1. The highest BCUT2D eigenvalue weighted by Gasteiger charge is 2.19. The van der Waals surface area contributed by atoms with Crippen molar-refractivity contribution in [2.45, 2.75) is 6.10 Å². The molecule has 0 fully saturated rings. The van der Waals surface area contributed by atoms with Gasteiger partial charge in [-0.15, -0.1) is 0 Å². The Morgan fingerprint density at radius 1 is 1.03 bits per heavy atom. The van der Waals surface area contributed by atoms with E-state index in [4.69, 9.17) is 4.74 Å². The van der Waals surface area contributed by atoms with Crippen molar-refractivity contribution in [2.75, 3.05) is 7.11 Å². The van der Waals surface area contributed by atoms with Crippen LogP contribution < -0.4 is 0 Å². The summed E-state index contributed by atoms with van der Waals surface area (Å²) < 4.78 is 23.9. The molecule has 0 radical (unpaired) electrons. The Kier molecular flexibility index (Phi) is 6.47. The summed E-state index contributed by atoms with van der Waals surface area (Å²) in [7, 11) is 1.31. The van der Waals surface area contributed by atoms with Gasteiger partial charge in [0.2, 0.25) is 0 Å². The van der Waals surface area contributed by atoms with E-state index in [0.29, 0.717) is 22.4 Å². The van der Waals surface area contributed by atoms with E-state index in [1.54, 1.807) is 66.9 Å². The van der Waals surface area contributed by atoms with Gasteiger partial charge in [0.1, 0.15) is 5.82 Å². The molecule has 3 aromatic rings. The molecule has 6 heteroatoms. The van der Waals surface area contributed by atoms with Gasteiger partial charge in [-0.1, -0.05) is 30.3 Å². The predicted octanol–water partition coefficient (Wildman–Crippen LogP) is 4.35. The Hall–Kier alpha value is -3.80. The second-order valence-electron chi connectivity index (χ2n) is 6.07. The van der Waals surface area contributed by atoms with Crippen molar-refractivity contribution < 1.29 is 23.5 Å². The average molecular weight is 391 g/mol. The van der Waals surface area contributed by atoms with Crippen LogP contribution in [0.5, 0.6) is 0 Å². The van der Waals surface area contributed by atoms with E-state index >= 15 is 0 Å². The van der Waals surface area contributed by atoms with E-state index in [2.05, 4.69) is 9.72 Å². The lowest BCUT2D eigenvalue weighted by molar-refractivity contribution is -0.141. The number of benzene rings is 2. The summed E-state index contributed by atoms with van der Waals surface area (Å²) in [6.45, 7) is 0. The Bertz CT molecular complexity index is 1020. The van der Waals surface area contributed by atoms with Crippen LogP contribution in [0.4, 0.5) is 4.39 Å². The summed E-state index contributed by atoms with van der Waals surface area (Å²) in [5, 5.41) is 0. The Morgan fingerprint density at radius 3 is 2.48 bits per heavy atom. The fourth-order valence-corrected chi connectivity index (χ4v) is 2.67. The van der Waals surface area contributed by atoms with Gasteiger partial charge < -0.3 is 9.47 Å². The number of rotatable bonds is 6. The lowest BCUT2D eigenvalue weighted by Crippen LogP contribution is -2.12. The summed E-state index contributed by atoms with van der Waals surface area (Å²) in [4.78, 5) is 28.1. The van der Waals surface area contributed by atoms with Crippen LogP contribution in [0.1, 0.15) is 33.3 Å². The topological polar surface area (TPSA) is 65.5 Å². The first-order valence-electron chi connectivity index (χ1n) is 8.80. The lowest BCUT2D eigenvalue weighted by Gasteiger charge is -2.17. The lowest BCUT2D eigenvalue weighted by atomic mass is 10.1. The van der Waals surface area contributed by atoms with Crippen molar-refractivity contribution in [2.24, 2.45) is 0 Å². The van der Waals surface area contributed by atoms with Gasteiger partial charge in [0.05, 0.1) is 18.4 Å².